The number of aliphatic carboxylic acids is 1. The Labute approximate surface area is 161 Å². The fraction of sp³-hybridized carbons (Fsp3) is 0.600. The Hall–Kier alpha value is -1.69. The molecule has 1 aromatic carbocycles. The van der Waals surface area contributed by atoms with Gasteiger partial charge in [0, 0.05) is 17.6 Å². The lowest BCUT2D eigenvalue weighted by Gasteiger charge is -2.22. The fourth-order valence-corrected chi connectivity index (χ4v) is 3.14. The summed E-state index contributed by atoms with van der Waals surface area (Å²) in [6.45, 7) is 4.02. The number of carbonyl (C=O) groups excluding carboxylic acids is 1. The van der Waals surface area contributed by atoms with E-state index in [1.54, 1.807) is 19.2 Å². The Bertz CT molecular complexity index is 559. The van der Waals surface area contributed by atoms with Crippen LogP contribution in [0.5, 0.6) is 5.75 Å². The van der Waals surface area contributed by atoms with Crippen molar-refractivity contribution in [2.75, 3.05) is 7.11 Å². The lowest BCUT2D eigenvalue weighted by Crippen LogP contribution is -2.46. The highest BCUT2D eigenvalue weighted by atomic mass is 32.1. The molecule has 0 saturated carbocycles. The first-order valence-corrected chi connectivity index (χ1v) is 9.74. The largest absolute Gasteiger partial charge is 0.497 e. The van der Waals surface area contributed by atoms with E-state index >= 15 is 0 Å². The number of unbranched alkanes of at least 4 members (excludes halogenated alkanes) is 3. The maximum atomic E-state index is 12.6. The number of thiol groups is 1. The van der Waals surface area contributed by atoms with Gasteiger partial charge in [-0.1, -0.05) is 51.7 Å². The Kier molecular flexibility index (Phi) is 10.2. The van der Waals surface area contributed by atoms with Crippen LogP contribution < -0.4 is 10.1 Å². The summed E-state index contributed by atoms with van der Waals surface area (Å²) in [6.07, 6.45) is 5.27. The molecule has 5 nitrogen and oxygen atoms in total. The topological polar surface area (TPSA) is 75.6 Å². The van der Waals surface area contributed by atoms with Crippen LogP contribution in [0.1, 0.15) is 51.5 Å². The summed E-state index contributed by atoms with van der Waals surface area (Å²) in [5.41, 5.74) is 0.830. The molecule has 0 radical (unpaired) electrons. The SMILES string of the molecule is CCCCCCC(C(=O)N[C@@H](Cc1ccc(OC)cc1)C(=O)O)C(C)S. The smallest absolute Gasteiger partial charge is 0.326 e. The number of hydrogen-bond acceptors (Lipinski definition) is 4. The van der Waals surface area contributed by atoms with Gasteiger partial charge in [0.25, 0.3) is 0 Å². The molecule has 0 aromatic heterocycles. The molecular weight excluding hydrogens is 350 g/mol. The summed E-state index contributed by atoms with van der Waals surface area (Å²) >= 11 is 4.43. The predicted molar refractivity (Wildman–Crippen MR) is 107 cm³/mol. The molecule has 2 N–H and O–H groups in total. The minimum Gasteiger partial charge on any atom is -0.497 e. The van der Waals surface area contributed by atoms with Crippen molar-refractivity contribution < 1.29 is 19.4 Å². The minimum atomic E-state index is -1.04. The Morgan fingerprint density at radius 2 is 1.85 bits per heavy atom. The zero-order valence-electron chi connectivity index (χ0n) is 15.9. The zero-order chi connectivity index (χ0) is 19.5. The third kappa shape index (κ3) is 7.68. The molecule has 1 aromatic rings. The Balaban J connectivity index is 2.70. The summed E-state index contributed by atoms with van der Waals surface area (Å²) < 4.78 is 5.10. The molecule has 1 rings (SSSR count). The number of benzene rings is 1. The van der Waals surface area contributed by atoms with Gasteiger partial charge in [-0.25, -0.2) is 4.79 Å². The van der Waals surface area contributed by atoms with Crippen LogP contribution in [0.4, 0.5) is 0 Å². The van der Waals surface area contributed by atoms with E-state index in [0.29, 0.717) is 5.75 Å². The van der Waals surface area contributed by atoms with Crippen molar-refractivity contribution >= 4 is 24.5 Å². The van der Waals surface area contributed by atoms with Crippen molar-refractivity contribution in [3.8, 4) is 5.75 Å². The number of ether oxygens (including phenoxy) is 1. The third-order valence-corrected chi connectivity index (χ3v) is 4.86. The molecule has 0 aliphatic heterocycles. The first-order valence-electron chi connectivity index (χ1n) is 9.23. The second-order valence-corrected chi connectivity index (χ2v) is 7.46. The molecule has 6 heteroatoms. The van der Waals surface area contributed by atoms with E-state index in [9.17, 15) is 14.7 Å². The van der Waals surface area contributed by atoms with Crippen LogP contribution in [0, 0.1) is 5.92 Å². The molecule has 0 aliphatic carbocycles. The molecule has 26 heavy (non-hydrogen) atoms. The van der Waals surface area contributed by atoms with Crippen LogP contribution in [0.25, 0.3) is 0 Å². The lowest BCUT2D eigenvalue weighted by molar-refractivity contribution is -0.142. The molecule has 0 aliphatic rings. The summed E-state index contributed by atoms with van der Waals surface area (Å²) in [4.78, 5) is 24.2. The predicted octanol–water partition coefficient (Wildman–Crippen LogP) is 3.71. The standard InChI is InChI=1S/C20H31NO4S/c1-4-5-6-7-8-17(14(2)26)19(22)21-18(20(23)24)13-15-9-11-16(25-3)12-10-15/h9-12,14,17-18,26H,4-8,13H2,1-3H3,(H,21,22)(H,23,24)/t14?,17?,18-/m0/s1. The zero-order valence-corrected chi connectivity index (χ0v) is 16.8. The summed E-state index contributed by atoms with van der Waals surface area (Å²) in [6, 6.07) is 6.22. The average Bonchev–Trinajstić information content (AvgIpc) is 2.61. The van der Waals surface area contributed by atoms with Gasteiger partial charge in [0.05, 0.1) is 7.11 Å². The van der Waals surface area contributed by atoms with Crippen LogP contribution in [0.15, 0.2) is 24.3 Å². The van der Waals surface area contributed by atoms with Crippen molar-refractivity contribution in [2.24, 2.45) is 5.92 Å². The lowest BCUT2D eigenvalue weighted by atomic mass is 9.96. The van der Waals surface area contributed by atoms with Crippen molar-refractivity contribution in [1.82, 2.24) is 5.32 Å². The maximum Gasteiger partial charge on any atom is 0.326 e. The van der Waals surface area contributed by atoms with E-state index in [-0.39, 0.29) is 23.5 Å². The van der Waals surface area contributed by atoms with Crippen LogP contribution in [-0.4, -0.2) is 35.4 Å². The molecule has 1 amide bonds. The second kappa shape index (κ2) is 11.8. The molecule has 2 unspecified atom stereocenters. The molecule has 0 bridgehead atoms. The summed E-state index contributed by atoms with van der Waals surface area (Å²) in [5.74, 6) is -0.843. The number of amides is 1. The van der Waals surface area contributed by atoms with Crippen LogP contribution in [0.3, 0.4) is 0 Å². The summed E-state index contributed by atoms with van der Waals surface area (Å²) in [5, 5.41) is 12.1. The first kappa shape index (κ1) is 22.4. The fourth-order valence-electron chi connectivity index (χ4n) is 2.86. The van der Waals surface area contributed by atoms with Gasteiger partial charge in [-0.15, -0.1) is 0 Å². The Morgan fingerprint density at radius 1 is 1.19 bits per heavy atom. The first-order chi connectivity index (χ1) is 12.4. The van der Waals surface area contributed by atoms with Crippen molar-refractivity contribution in [1.29, 1.82) is 0 Å². The van der Waals surface area contributed by atoms with E-state index in [0.717, 1.165) is 37.7 Å². The minimum absolute atomic E-state index is 0.118. The van der Waals surface area contributed by atoms with Gasteiger partial charge < -0.3 is 15.2 Å². The van der Waals surface area contributed by atoms with E-state index < -0.39 is 12.0 Å². The van der Waals surface area contributed by atoms with Gasteiger partial charge in [0.2, 0.25) is 5.91 Å². The monoisotopic (exact) mass is 381 g/mol. The number of carboxylic acid groups (broad SMARTS) is 1. The molecule has 0 heterocycles. The van der Waals surface area contributed by atoms with Gasteiger partial charge in [-0.2, -0.15) is 12.6 Å². The van der Waals surface area contributed by atoms with Crippen molar-refractivity contribution in [3.05, 3.63) is 29.8 Å². The van der Waals surface area contributed by atoms with Crippen LogP contribution in [-0.2, 0) is 16.0 Å². The molecule has 0 spiro atoms. The van der Waals surface area contributed by atoms with Crippen LogP contribution in [0.2, 0.25) is 0 Å². The van der Waals surface area contributed by atoms with Crippen LogP contribution >= 0.6 is 12.6 Å². The number of hydrogen-bond donors (Lipinski definition) is 3. The molecule has 0 saturated heterocycles. The van der Waals surface area contributed by atoms with Gasteiger partial charge >= 0.3 is 5.97 Å². The molecule has 0 fully saturated rings. The van der Waals surface area contributed by atoms with Crippen molar-refractivity contribution in [2.45, 2.75) is 63.7 Å². The van der Waals surface area contributed by atoms with Gasteiger partial charge in [-0.3, -0.25) is 4.79 Å². The Morgan fingerprint density at radius 3 is 2.35 bits per heavy atom. The normalized spacial score (nSPS) is 14.3. The van der Waals surface area contributed by atoms with Gasteiger partial charge in [0.15, 0.2) is 0 Å². The van der Waals surface area contributed by atoms with E-state index in [4.69, 9.17) is 4.74 Å². The van der Waals surface area contributed by atoms with E-state index in [2.05, 4.69) is 24.9 Å². The number of carbonyl (C=O) groups is 2. The number of carboxylic acids is 1. The average molecular weight is 382 g/mol. The highest BCUT2D eigenvalue weighted by molar-refractivity contribution is 7.81. The molecule has 3 atom stereocenters. The van der Waals surface area contributed by atoms with Gasteiger partial charge in [0.1, 0.15) is 11.8 Å². The number of nitrogens with one attached hydrogen (secondary N) is 1. The maximum absolute atomic E-state index is 12.6. The van der Waals surface area contributed by atoms with Gasteiger partial charge in [-0.05, 0) is 24.1 Å². The van der Waals surface area contributed by atoms with E-state index in [1.165, 1.54) is 0 Å². The summed E-state index contributed by atoms with van der Waals surface area (Å²) in [7, 11) is 1.58. The third-order valence-electron chi connectivity index (χ3n) is 4.50. The number of methoxy groups -OCH3 is 1. The second-order valence-electron chi connectivity index (χ2n) is 6.65. The quantitative estimate of drug-likeness (QED) is 0.381. The highest BCUT2D eigenvalue weighted by Crippen LogP contribution is 2.19. The van der Waals surface area contributed by atoms with E-state index in [1.807, 2.05) is 19.1 Å². The molecule has 146 valence electrons. The molecular formula is C20H31NO4S. The highest BCUT2D eigenvalue weighted by Gasteiger charge is 2.27. The number of rotatable bonds is 12. The van der Waals surface area contributed by atoms with Crippen molar-refractivity contribution in [3.63, 3.8) is 0 Å².